The highest BCUT2D eigenvalue weighted by Gasteiger charge is 2.34. The molecule has 1 fully saturated rings. The molecule has 26 heavy (non-hydrogen) atoms. The maximum atomic E-state index is 12.8. The van der Waals surface area contributed by atoms with E-state index in [0.717, 1.165) is 5.56 Å². The smallest absolute Gasteiger partial charge is 0.247 e. The summed E-state index contributed by atoms with van der Waals surface area (Å²) in [5.41, 5.74) is 0.883. The summed E-state index contributed by atoms with van der Waals surface area (Å²) >= 11 is 0. The van der Waals surface area contributed by atoms with Gasteiger partial charge in [-0.3, -0.25) is 4.79 Å². The molecule has 2 heterocycles. The summed E-state index contributed by atoms with van der Waals surface area (Å²) in [7, 11) is -1.52. The molecule has 1 aromatic heterocycles. The molecule has 1 saturated heterocycles. The number of furan rings is 1. The normalized spacial score (nSPS) is 18.9. The van der Waals surface area contributed by atoms with Crippen LogP contribution in [0.15, 0.2) is 53.2 Å². The van der Waals surface area contributed by atoms with E-state index in [1.165, 1.54) is 12.3 Å². The number of hydrogen-bond acceptors (Lipinski definition) is 5. The van der Waals surface area contributed by atoms with Gasteiger partial charge in [0.15, 0.2) is 9.84 Å². The molecule has 0 bridgehead atoms. The first-order valence-electron chi connectivity index (χ1n) is 8.32. The maximum Gasteiger partial charge on any atom is 0.247 e. The minimum absolute atomic E-state index is 0.00268. The first kappa shape index (κ1) is 18.3. The Hall–Kier alpha value is -2.54. The minimum atomic E-state index is -3.10. The second-order valence-corrected chi connectivity index (χ2v) is 8.45. The molecule has 0 saturated carbocycles. The van der Waals surface area contributed by atoms with Crippen LogP contribution in [0.2, 0.25) is 0 Å². The monoisotopic (exact) mass is 375 g/mol. The maximum absolute atomic E-state index is 12.8. The predicted molar refractivity (Wildman–Crippen MR) is 98.3 cm³/mol. The van der Waals surface area contributed by atoms with E-state index < -0.39 is 9.84 Å². The molecular weight excluding hydrogens is 354 g/mol. The van der Waals surface area contributed by atoms with Crippen molar-refractivity contribution in [2.75, 3.05) is 18.6 Å². The molecule has 2 aromatic rings. The molecule has 6 nitrogen and oxygen atoms in total. The summed E-state index contributed by atoms with van der Waals surface area (Å²) in [6.07, 6.45) is 4.99. The third-order valence-corrected chi connectivity index (χ3v) is 6.10. The van der Waals surface area contributed by atoms with Crippen molar-refractivity contribution in [1.82, 2.24) is 4.90 Å². The van der Waals surface area contributed by atoms with Crippen molar-refractivity contribution in [3.05, 3.63) is 60.1 Å². The Balaban J connectivity index is 1.82. The topological polar surface area (TPSA) is 76.8 Å². The van der Waals surface area contributed by atoms with Crippen LogP contribution in [0.4, 0.5) is 0 Å². The molecule has 1 aliphatic heterocycles. The Morgan fingerprint density at radius 3 is 2.85 bits per heavy atom. The van der Waals surface area contributed by atoms with Gasteiger partial charge >= 0.3 is 0 Å². The summed E-state index contributed by atoms with van der Waals surface area (Å²) < 4.78 is 34.2. The largest absolute Gasteiger partial charge is 0.497 e. The van der Waals surface area contributed by atoms with Gasteiger partial charge < -0.3 is 14.1 Å². The third-order valence-electron chi connectivity index (χ3n) is 4.35. The van der Waals surface area contributed by atoms with E-state index in [4.69, 9.17) is 9.15 Å². The van der Waals surface area contributed by atoms with Gasteiger partial charge in [0, 0.05) is 18.7 Å². The SMILES string of the molecule is COc1cccc(CN(C(=O)C=Cc2ccco2)C2CCS(=O)(=O)C2)c1. The number of nitrogens with zero attached hydrogens (tertiary/aromatic N) is 1. The van der Waals surface area contributed by atoms with Gasteiger partial charge in [-0.25, -0.2) is 8.42 Å². The fourth-order valence-corrected chi connectivity index (χ4v) is 4.74. The van der Waals surface area contributed by atoms with Gasteiger partial charge in [0.05, 0.1) is 24.9 Å². The Morgan fingerprint density at radius 2 is 2.19 bits per heavy atom. The number of carbonyl (C=O) groups excluding carboxylic acids is 1. The van der Waals surface area contributed by atoms with Crippen molar-refractivity contribution < 1.29 is 22.4 Å². The van der Waals surface area contributed by atoms with E-state index in [1.54, 1.807) is 30.2 Å². The molecule has 1 atom stereocenters. The quantitative estimate of drug-likeness (QED) is 0.725. The predicted octanol–water partition coefficient (Wildman–Crippen LogP) is 2.52. The lowest BCUT2D eigenvalue weighted by Crippen LogP contribution is -2.39. The summed E-state index contributed by atoms with van der Waals surface area (Å²) in [5, 5.41) is 0. The number of ether oxygens (including phenoxy) is 1. The standard InChI is InChI=1S/C19H21NO5S/c1-24-18-5-2-4-15(12-18)13-20(16-9-11-26(22,23)14-16)19(21)8-7-17-6-3-10-25-17/h2-8,10,12,16H,9,11,13-14H2,1H3. The van der Waals surface area contributed by atoms with E-state index in [-0.39, 0.29) is 23.5 Å². The zero-order valence-corrected chi connectivity index (χ0v) is 15.3. The number of hydrogen-bond donors (Lipinski definition) is 0. The number of methoxy groups -OCH3 is 1. The van der Waals surface area contributed by atoms with E-state index >= 15 is 0 Å². The molecule has 1 aliphatic rings. The molecule has 1 unspecified atom stereocenters. The number of rotatable bonds is 6. The second-order valence-electron chi connectivity index (χ2n) is 6.22. The number of carbonyl (C=O) groups is 1. The van der Waals surface area contributed by atoms with E-state index in [0.29, 0.717) is 24.5 Å². The average Bonchev–Trinajstić information content (AvgIpc) is 3.27. The Morgan fingerprint density at radius 1 is 1.35 bits per heavy atom. The second kappa shape index (κ2) is 7.78. The lowest BCUT2D eigenvalue weighted by atomic mass is 10.1. The van der Waals surface area contributed by atoms with Crippen LogP contribution in [0, 0.1) is 0 Å². The van der Waals surface area contributed by atoms with Crippen LogP contribution >= 0.6 is 0 Å². The summed E-state index contributed by atoms with van der Waals surface area (Å²) in [4.78, 5) is 14.4. The van der Waals surface area contributed by atoms with Gasteiger partial charge in [-0.1, -0.05) is 12.1 Å². The van der Waals surface area contributed by atoms with Crippen LogP contribution < -0.4 is 4.74 Å². The zero-order chi connectivity index (χ0) is 18.6. The Bertz CT molecular complexity index is 886. The Kier molecular flexibility index (Phi) is 5.46. The van der Waals surface area contributed by atoms with Gasteiger partial charge in [-0.05, 0) is 42.3 Å². The third kappa shape index (κ3) is 4.54. The van der Waals surface area contributed by atoms with Crippen molar-refractivity contribution in [2.24, 2.45) is 0 Å². The number of benzene rings is 1. The molecule has 7 heteroatoms. The van der Waals surface area contributed by atoms with Crippen molar-refractivity contribution in [3.63, 3.8) is 0 Å². The van der Waals surface area contributed by atoms with Crippen LogP contribution in [0.3, 0.4) is 0 Å². The molecule has 3 rings (SSSR count). The van der Waals surface area contributed by atoms with Crippen LogP contribution in [-0.4, -0.2) is 43.9 Å². The van der Waals surface area contributed by atoms with Crippen molar-refractivity contribution in [1.29, 1.82) is 0 Å². The molecule has 1 aromatic carbocycles. The molecule has 0 spiro atoms. The zero-order valence-electron chi connectivity index (χ0n) is 14.5. The molecule has 1 amide bonds. The van der Waals surface area contributed by atoms with Crippen LogP contribution in [0.1, 0.15) is 17.7 Å². The first-order chi connectivity index (χ1) is 12.5. The van der Waals surface area contributed by atoms with Gasteiger partial charge in [0.1, 0.15) is 11.5 Å². The van der Waals surface area contributed by atoms with Crippen LogP contribution in [-0.2, 0) is 21.2 Å². The van der Waals surface area contributed by atoms with Gasteiger partial charge in [-0.15, -0.1) is 0 Å². The van der Waals surface area contributed by atoms with Crippen molar-refractivity contribution in [2.45, 2.75) is 19.0 Å². The molecule has 0 aliphatic carbocycles. The van der Waals surface area contributed by atoms with E-state index in [9.17, 15) is 13.2 Å². The van der Waals surface area contributed by atoms with Crippen LogP contribution in [0.25, 0.3) is 6.08 Å². The van der Waals surface area contributed by atoms with E-state index in [2.05, 4.69) is 0 Å². The summed E-state index contributed by atoms with van der Waals surface area (Å²) in [6, 6.07) is 10.6. The Labute approximate surface area is 153 Å². The lowest BCUT2D eigenvalue weighted by molar-refractivity contribution is -0.128. The molecule has 0 radical (unpaired) electrons. The van der Waals surface area contributed by atoms with Crippen molar-refractivity contribution in [3.8, 4) is 5.75 Å². The molecule has 138 valence electrons. The first-order valence-corrected chi connectivity index (χ1v) is 10.1. The van der Waals surface area contributed by atoms with Gasteiger partial charge in [0.2, 0.25) is 5.91 Å². The molecule has 0 N–H and O–H groups in total. The summed E-state index contributed by atoms with van der Waals surface area (Å²) in [6.45, 7) is 0.318. The van der Waals surface area contributed by atoms with Crippen LogP contribution in [0.5, 0.6) is 5.75 Å². The molecular formula is C19H21NO5S. The van der Waals surface area contributed by atoms with Crippen molar-refractivity contribution >= 4 is 21.8 Å². The highest BCUT2D eigenvalue weighted by atomic mass is 32.2. The van der Waals surface area contributed by atoms with E-state index in [1.807, 2.05) is 24.3 Å². The average molecular weight is 375 g/mol. The highest BCUT2D eigenvalue weighted by molar-refractivity contribution is 7.91. The number of amides is 1. The minimum Gasteiger partial charge on any atom is -0.497 e. The fourth-order valence-electron chi connectivity index (χ4n) is 3.01. The van der Waals surface area contributed by atoms with Gasteiger partial charge in [0.25, 0.3) is 0 Å². The lowest BCUT2D eigenvalue weighted by Gasteiger charge is -2.27. The van der Waals surface area contributed by atoms with Gasteiger partial charge in [-0.2, -0.15) is 0 Å². The summed E-state index contributed by atoms with van der Waals surface area (Å²) in [5.74, 6) is 1.13. The highest BCUT2D eigenvalue weighted by Crippen LogP contribution is 2.22. The number of sulfone groups is 1. The fraction of sp³-hybridized carbons (Fsp3) is 0.316.